The van der Waals surface area contributed by atoms with Crippen LogP contribution in [0.4, 0.5) is 0 Å². The summed E-state index contributed by atoms with van der Waals surface area (Å²) in [5, 5.41) is 10.3. The van der Waals surface area contributed by atoms with E-state index in [1.165, 1.54) is 0 Å². The third-order valence-corrected chi connectivity index (χ3v) is 4.19. The number of nitrogens with zero attached hydrogens (tertiary/aromatic N) is 1. The smallest absolute Gasteiger partial charge is 0.272 e. The molecule has 7 heteroatoms. The van der Waals surface area contributed by atoms with E-state index in [-0.39, 0.29) is 35.6 Å². The zero-order valence-electron chi connectivity index (χ0n) is 12.0. The van der Waals surface area contributed by atoms with Gasteiger partial charge in [0.05, 0.1) is 5.39 Å². The van der Waals surface area contributed by atoms with Gasteiger partial charge in [-0.15, -0.1) is 12.4 Å². The van der Waals surface area contributed by atoms with Crippen LogP contribution in [0, 0.1) is 5.92 Å². The molecule has 0 bridgehead atoms. The average Bonchev–Trinajstić information content (AvgIpc) is 2.95. The number of amides is 1. The van der Waals surface area contributed by atoms with Gasteiger partial charge >= 0.3 is 0 Å². The Labute approximate surface area is 133 Å². The predicted molar refractivity (Wildman–Crippen MR) is 87.3 cm³/mol. The first kappa shape index (κ1) is 16.5. The lowest BCUT2D eigenvalue weighted by molar-refractivity contribution is 0.0924. The molecule has 0 radical (unpaired) electrons. The van der Waals surface area contributed by atoms with E-state index in [4.69, 9.17) is 5.73 Å². The normalized spacial score (nSPS) is 20.6. The molecule has 118 valence electrons. The summed E-state index contributed by atoms with van der Waals surface area (Å²) in [6.45, 7) is 0.574. The topological polar surface area (TPSA) is 101 Å². The van der Waals surface area contributed by atoms with Gasteiger partial charge in [-0.2, -0.15) is 5.10 Å². The minimum atomic E-state index is -0.289. The number of aromatic amines is 1. The molecule has 1 aromatic carbocycles. The minimum Gasteiger partial charge on any atom is -0.348 e. The molecule has 22 heavy (non-hydrogen) atoms. The van der Waals surface area contributed by atoms with Crippen molar-refractivity contribution in [3.05, 3.63) is 40.3 Å². The van der Waals surface area contributed by atoms with Gasteiger partial charge in [-0.05, 0) is 31.4 Å². The molecule has 2 aromatic rings. The van der Waals surface area contributed by atoms with Crippen LogP contribution in [-0.2, 0) is 0 Å². The lowest BCUT2D eigenvalue weighted by atomic mass is 10.0. The Morgan fingerprint density at radius 2 is 2.05 bits per heavy atom. The predicted octanol–water partition coefficient (Wildman–Crippen LogP) is 1.20. The van der Waals surface area contributed by atoms with Gasteiger partial charge in [0.15, 0.2) is 5.69 Å². The van der Waals surface area contributed by atoms with Crippen molar-refractivity contribution in [2.75, 3.05) is 6.54 Å². The Bertz CT molecular complexity index is 731. The summed E-state index contributed by atoms with van der Waals surface area (Å²) in [5.74, 6) is 0.0655. The molecule has 2 atom stereocenters. The zero-order chi connectivity index (χ0) is 14.8. The lowest BCUT2D eigenvalue weighted by Crippen LogP contribution is -2.40. The minimum absolute atomic E-state index is 0. The molecule has 1 saturated carbocycles. The number of fused-ring (bicyclic) bond motifs is 1. The first-order valence-electron chi connectivity index (χ1n) is 7.19. The number of hydrogen-bond acceptors (Lipinski definition) is 4. The number of nitrogens with two attached hydrogens (primary N) is 1. The summed E-state index contributed by atoms with van der Waals surface area (Å²) in [4.78, 5) is 24.2. The second-order valence-electron chi connectivity index (χ2n) is 5.45. The van der Waals surface area contributed by atoms with Crippen molar-refractivity contribution in [2.45, 2.75) is 25.3 Å². The van der Waals surface area contributed by atoms with Crippen LogP contribution < -0.4 is 16.6 Å². The van der Waals surface area contributed by atoms with Gasteiger partial charge in [0.25, 0.3) is 11.5 Å². The van der Waals surface area contributed by atoms with Gasteiger partial charge < -0.3 is 11.1 Å². The number of H-pyrrole nitrogens is 1. The number of benzene rings is 1. The van der Waals surface area contributed by atoms with Crippen LogP contribution in [0.25, 0.3) is 10.8 Å². The number of carbonyl (C=O) groups excluding carboxylic acids is 1. The lowest BCUT2D eigenvalue weighted by Gasteiger charge is -2.19. The monoisotopic (exact) mass is 322 g/mol. The first-order chi connectivity index (χ1) is 10.2. The van der Waals surface area contributed by atoms with Crippen LogP contribution >= 0.6 is 12.4 Å². The Kier molecular flexibility index (Phi) is 5.15. The highest BCUT2D eigenvalue weighted by molar-refractivity contribution is 6.04. The fraction of sp³-hybridized carbons (Fsp3) is 0.400. The van der Waals surface area contributed by atoms with Crippen LogP contribution in [-0.4, -0.2) is 28.7 Å². The number of nitrogens with one attached hydrogen (secondary N) is 2. The summed E-state index contributed by atoms with van der Waals surface area (Å²) in [7, 11) is 0. The fourth-order valence-electron chi connectivity index (χ4n) is 3.03. The van der Waals surface area contributed by atoms with Crippen molar-refractivity contribution in [1.82, 2.24) is 15.5 Å². The van der Waals surface area contributed by atoms with E-state index in [0.717, 1.165) is 19.3 Å². The zero-order valence-corrected chi connectivity index (χ0v) is 12.9. The van der Waals surface area contributed by atoms with Crippen molar-refractivity contribution in [1.29, 1.82) is 0 Å². The molecule has 4 N–H and O–H groups in total. The quantitative estimate of drug-likeness (QED) is 0.790. The first-order valence-corrected chi connectivity index (χ1v) is 7.19. The molecule has 0 aliphatic heterocycles. The number of hydrogen-bond donors (Lipinski definition) is 3. The summed E-state index contributed by atoms with van der Waals surface area (Å²) < 4.78 is 0. The molecule has 6 nitrogen and oxygen atoms in total. The van der Waals surface area contributed by atoms with Crippen molar-refractivity contribution < 1.29 is 4.79 Å². The maximum atomic E-state index is 12.5. The number of carbonyl (C=O) groups is 1. The molecular formula is C15H19ClN4O2. The maximum absolute atomic E-state index is 12.5. The highest BCUT2D eigenvalue weighted by Crippen LogP contribution is 2.25. The average molecular weight is 323 g/mol. The van der Waals surface area contributed by atoms with E-state index in [0.29, 0.717) is 23.2 Å². The highest BCUT2D eigenvalue weighted by atomic mass is 35.5. The highest BCUT2D eigenvalue weighted by Gasteiger charge is 2.28. The van der Waals surface area contributed by atoms with E-state index in [9.17, 15) is 9.59 Å². The summed E-state index contributed by atoms with van der Waals surface area (Å²) in [6.07, 6.45) is 3.06. The van der Waals surface area contributed by atoms with E-state index < -0.39 is 0 Å². The molecule has 0 spiro atoms. The summed E-state index contributed by atoms with van der Waals surface area (Å²) in [6, 6.07) is 7.07. The second kappa shape index (κ2) is 6.89. The Hall–Kier alpha value is -1.92. The molecule has 1 amide bonds. The molecule has 1 fully saturated rings. The third kappa shape index (κ3) is 2.98. The SMILES string of the molecule is Cl.NCC1CCCC1NC(=O)c1n[nH]c(=O)c2ccccc12. The van der Waals surface area contributed by atoms with Crippen LogP contribution in [0.1, 0.15) is 29.8 Å². The molecule has 2 unspecified atom stereocenters. The molecule has 1 aliphatic carbocycles. The van der Waals surface area contributed by atoms with Crippen LogP contribution in [0.3, 0.4) is 0 Å². The number of rotatable bonds is 3. The van der Waals surface area contributed by atoms with E-state index in [1.807, 2.05) is 0 Å². The molecule has 1 aromatic heterocycles. The fourth-order valence-corrected chi connectivity index (χ4v) is 3.03. The van der Waals surface area contributed by atoms with Crippen molar-refractivity contribution in [3.8, 4) is 0 Å². The Morgan fingerprint density at radius 3 is 2.77 bits per heavy atom. The second-order valence-corrected chi connectivity index (χ2v) is 5.45. The van der Waals surface area contributed by atoms with Crippen LogP contribution in [0.15, 0.2) is 29.1 Å². The molecule has 1 aliphatic rings. The van der Waals surface area contributed by atoms with Crippen molar-refractivity contribution >= 4 is 29.1 Å². The van der Waals surface area contributed by atoms with Gasteiger partial charge in [-0.3, -0.25) is 9.59 Å². The van der Waals surface area contributed by atoms with E-state index in [1.54, 1.807) is 24.3 Å². The molecule has 1 heterocycles. The largest absolute Gasteiger partial charge is 0.348 e. The van der Waals surface area contributed by atoms with E-state index in [2.05, 4.69) is 15.5 Å². The van der Waals surface area contributed by atoms with E-state index >= 15 is 0 Å². The standard InChI is InChI=1S/C15H18N4O2.ClH/c16-8-9-4-3-7-12(9)17-15(21)13-10-5-1-2-6-11(10)14(20)19-18-13;/h1-2,5-6,9,12H,3-4,7-8,16H2,(H,17,21)(H,19,20);1H. The van der Waals surface area contributed by atoms with Gasteiger partial charge in [0, 0.05) is 11.4 Å². The molecule has 3 rings (SSSR count). The van der Waals surface area contributed by atoms with Crippen molar-refractivity contribution in [3.63, 3.8) is 0 Å². The van der Waals surface area contributed by atoms with Gasteiger partial charge in [-0.25, -0.2) is 5.10 Å². The summed E-state index contributed by atoms with van der Waals surface area (Å²) >= 11 is 0. The molecular weight excluding hydrogens is 304 g/mol. The van der Waals surface area contributed by atoms with Crippen molar-refractivity contribution in [2.24, 2.45) is 11.7 Å². The maximum Gasteiger partial charge on any atom is 0.272 e. The Morgan fingerprint density at radius 1 is 1.32 bits per heavy atom. The van der Waals surface area contributed by atoms with Gasteiger partial charge in [0.1, 0.15) is 0 Å². The number of halogens is 1. The Balaban J connectivity index is 0.00000176. The van der Waals surface area contributed by atoms with Gasteiger partial charge in [0.2, 0.25) is 0 Å². The third-order valence-electron chi connectivity index (χ3n) is 4.19. The van der Waals surface area contributed by atoms with Crippen LogP contribution in [0.5, 0.6) is 0 Å². The summed E-state index contributed by atoms with van der Waals surface area (Å²) in [5.41, 5.74) is 5.70. The molecule has 0 saturated heterocycles. The van der Waals surface area contributed by atoms with Gasteiger partial charge in [-0.1, -0.05) is 24.6 Å². The number of aromatic nitrogens is 2. The van der Waals surface area contributed by atoms with Crippen LogP contribution in [0.2, 0.25) is 0 Å².